The number of benzene rings is 1. The maximum Gasteiger partial charge on any atom is 0.0634 e. The maximum absolute atomic E-state index is 5.95. The second-order valence-electron chi connectivity index (χ2n) is 5.19. The molecule has 19 heavy (non-hydrogen) atoms. The van der Waals surface area contributed by atoms with E-state index in [1.807, 2.05) is 23.5 Å². The Morgan fingerprint density at radius 3 is 2.47 bits per heavy atom. The Morgan fingerprint density at radius 2 is 1.84 bits per heavy atom. The van der Waals surface area contributed by atoms with E-state index >= 15 is 0 Å². The molecule has 3 heteroatoms. The lowest BCUT2D eigenvalue weighted by molar-refractivity contribution is 0.475. The second-order valence-corrected chi connectivity index (χ2v) is 6.60. The van der Waals surface area contributed by atoms with E-state index in [9.17, 15) is 0 Å². The molecule has 0 spiro atoms. The van der Waals surface area contributed by atoms with E-state index in [0.29, 0.717) is 6.04 Å². The minimum Gasteiger partial charge on any atom is -0.377 e. The molecule has 2 aromatic rings. The summed E-state index contributed by atoms with van der Waals surface area (Å²) in [6, 6.07) is 12.9. The van der Waals surface area contributed by atoms with Gasteiger partial charge >= 0.3 is 0 Å². The van der Waals surface area contributed by atoms with E-state index in [0.717, 1.165) is 16.6 Å². The van der Waals surface area contributed by atoms with E-state index in [-0.39, 0.29) is 0 Å². The number of anilines is 1. The molecule has 1 aromatic carbocycles. The predicted molar refractivity (Wildman–Crippen MR) is 84.1 cm³/mol. The zero-order valence-corrected chi connectivity index (χ0v) is 12.4. The highest BCUT2D eigenvalue weighted by molar-refractivity contribution is 7.10. The lowest BCUT2D eigenvalue weighted by Crippen LogP contribution is -2.17. The number of hydrogen-bond donors (Lipinski definition) is 1. The summed E-state index contributed by atoms with van der Waals surface area (Å²) >= 11 is 7.80. The van der Waals surface area contributed by atoms with E-state index in [2.05, 4.69) is 35.0 Å². The fraction of sp³-hybridized carbons (Fsp3) is 0.375. The van der Waals surface area contributed by atoms with Crippen molar-refractivity contribution >= 4 is 28.6 Å². The molecule has 1 saturated carbocycles. The van der Waals surface area contributed by atoms with Gasteiger partial charge in [0.1, 0.15) is 0 Å². The number of hydrogen-bond acceptors (Lipinski definition) is 2. The first-order chi connectivity index (χ1) is 9.33. The molecule has 1 atom stereocenters. The van der Waals surface area contributed by atoms with Crippen LogP contribution in [-0.4, -0.2) is 0 Å². The van der Waals surface area contributed by atoms with Crippen LogP contribution in [0, 0.1) is 5.92 Å². The van der Waals surface area contributed by atoms with Gasteiger partial charge in [-0.2, -0.15) is 0 Å². The third kappa shape index (κ3) is 3.13. The molecule has 1 N–H and O–H groups in total. The van der Waals surface area contributed by atoms with Crippen LogP contribution in [0.3, 0.4) is 0 Å². The maximum atomic E-state index is 5.95. The van der Waals surface area contributed by atoms with Crippen LogP contribution in [0.2, 0.25) is 5.02 Å². The monoisotopic (exact) mass is 291 g/mol. The lowest BCUT2D eigenvalue weighted by atomic mass is 9.96. The smallest absolute Gasteiger partial charge is 0.0634 e. The van der Waals surface area contributed by atoms with Crippen LogP contribution in [0.4, 0.5) is 5.69 Å². The molecule has 0 radical (unpaired) electrons. The third-order valence-corrected chi connectivity index (χ3v) is 5.09. The molecule has 0 bridgehead atoms. The minimum absolute atomic E-state index is 0.448. The lowest BCUT2D eigenvalue weighted by Gasteiger charge is -2.25. The van der Waals surface area contributed by atoms with Crippen molar-refractivity contribution in [3.05, 3.63) is 51.7 Å². The van der Waals surface area contributed by atoms with E-state index in [1.165, 1.54) is 30.6 Å². The zero-order valence-electron chi connectivity index (χ0n) is 10.8. The van der Waals surface area contributed by atoms with Gasteiger partial charge in [0.25, 0.3) is 0 Å². The van der Waals surface area contributed by atoms with Crippen molar-refractivity contribution < 1.29 is 0 Å². The van der Waals surface area contributed by atoms with Gasteiger partial charge in [-0.15, -0.1) is 11.3 Å². The van der Waals surface area contributed by atoms with Crippen LogP contribution in [0.5, 0.6) is 0 Å². The van der Waals surface area contributed by atoms with Gasteiger partial charge in [-0.05, 0) is 54.5 Å². The van der Waals surface area contributed by atoms with Gasteiger partial charge in [-0.1, -0.05) is 30.5 Å². The largest absolute Gasteiger partial charge is 0.377 e. The normalized spacial score (nSPS) is 17.5. The van der Waals surface area contributed by atoms with Crippen molar-refractivity contribution in [2.45, 2.75) is 31.7 Å². The summed E-state index contributed by atoms with van der Waals surface area (Å²) in [4.78, 5) is 1.45. The SMILES string of the molecule is Clc1ccc(NC(c2cccs2)C2CCCC2)cc1. The van der Waals surface area contributed by atoms with Gasteiger partial charge in [0.15, 0.2) is 0 Å². The minimum atomic E-state index is 0.448. The van der Waals surface area contributed by atoms with E-state index < -0.39 is 0 Å². The quantitative estimate of drug-likeness (QED) is 0.757. The van der Waals surface area contributed by atoms with E-state index in [4.69, 9.17) is 11.6 Å². The van der Waals surface area contributed by atoms with Crippen LogP contribution in [-0.2, 0) is 0 Å². The zero-order chi connectivity index (χ0) is 13.1. The molecule has 1 heterocycles. The molecule has 1 aliphatic carbocycles. The van der Waals surface area contributed by atoms with Crippen molar-refractivity contribution in [2.75, 3.05) is 5.32 Å². The molecule has 0 aliphatic heterocycles. The topological polar surface area (TPSA) is 12.0 Å². The molecule has 1 aliphatic rings. The van der Waals surface area contributed by atoms with Crippen molar-refractivity contribution in [3.8, 4) is 0 Å². The van der Waals surface area contributed by atoms with Crippen molar-refractivity contribution in [1.82, 2.24) is 0 Å². The van der Waals surface area contributed by atoms with Crippen LogP contribution >= 0.6 is 22.9 Å². The summed E-state index contributed by atoms with van der Waals surface area (Å²) in [5, 5.41) is 6.66. The summed E-state index contributed by atoms with van der Waals surface area (Å²) < 4.78 is 0. The van der Waals surface area contributed by atoms with Crippen LogP contribution in [0.15, 0.2) is 41.8 Å². The number of halogens is 1. The second kappa shape index (κ2) is 5.98. The molecule has 1 aromatic heterocycles. The Hall–Kier alpha value is -0.990. The van der Waals surface area contributed by atoms with Gasteiger partial charge in [0.2, 0.25) is 0 Å². The summed E-state index contributed by atoms with van der Waals surface area (Å²) in [6.07, 6.45) is 5.41. The Bertz CT molecular complexity index is 500. The Balaban J connectivity index is 1.81. The molecular formula is C16H18ClNS. The highest BCUT2D eigenvalue weighted by Crippen LogP contribution is 2.39. The summed E-state index contributed by atoms with van der Waals surface area (Å²) in [6.45, 7) is 0. The fourth-order valence-electron chi connectivity index (χ4n) is 2.91. The Labute approximate surface area is 123 Å². The molecule has 100 valence electrons. The standard InChI is InChI=1S/C16H18ClNS/c17-13-7-9-14(10-8-13)18-16(12-4-1-2-5-12)15-6-3-11-19-15/h3,6-12,16,18H,1-2,4-5H2. The summed E-state index contributed by atoms with van der Waals surface area (Å²) in [5.74, 6) is 0.759. The number of rotatable bonds is 4. The Kier molecular flexibility index (Phi) is 4.09. The number of nitrogens with one attached hydrogen (secondary N) is 1. The molecule has 1 nitrogen and oxygen atoms in total. The van der Waals surface area contributed by atoms with E-state index in [1.54, 1.807) is 0 Å². The van der Waals surface area contributed by atoms with Crippen molar-refractivity contribution in [1.29, 1.82) is 0 Å². The average Bonchev–Trinajstić information content (AvgIpc) is 3.11. The van der Waals surface area contributed by atoms with Crippen molar-refractivity contribution in [2.24, 2.45) is 5.92 Å². The third-order valence-electron chi connectivity index (χ3n) is 3.89. The summed E-state index contributed by atoms with van der Waals surface area (Å²) in [5.41, 5.74) is 1.16. The highest BCUT2D eigenvalue weighted by atomic mass is 35.5. The first kappa shape index (κ1) is 13.0. The molecule has 1 unspecified atom stereocenters. The van der Waals surface area contributed by atoms with Gasteiger partial charge in [-0.25, -0.2) is 0 Å². The van der Waals surface area contributed by atoms with Gasteiger partial charge in [0.05, 0.1) is 6.04 Å². The van der Waals surface area contributed by atoms with Gasteiger partial charge < -0.3 is 5.32 Å². The van der Waals surface area contributed by atoms with Gasteiger partial charge in [-0.3, -0.25) is 0 Å². The molecule has 1 fully saturated rings. The fourth-order valence-corrected chi connectivity index (χ4v) is 3.90. The van der Waals surface area contributed by atoms with Crippen LogP contribution in [0.25, 0.3) is 0 Å². The van der Waals surface area contributed by atoms with Gasteiger partial charge in [0, 0.05) is 15.6 Å². The highest BCUT2D eigenvalue weighted by Gasteiger charge is 2.26. The molecular weight excluding hydrogens is 274 g/mol. The molecule has 0 amide bonds. The Morgan fingerprint density at radius 1 is 1.11 bits per heavy atom. The average molecular weight is 292 g/mol. The molecule has 0 saturated heterocycles. The van der Waals surface area contributed by atoms with Crippen LogP contribution < -0.4 is 5.32 Å². The predicted octanol–water partition coefficient (Wildman–Crippen LogP) is 5.74. The first-order valence-corrected chi connectivity index (χ1v) is 8.14. The van der Waals surface area contributed by atoms with Crippen molar-refractivity contribution in [3.63, 3.8) is 0 Å². The first-order valence-electron chi connectivity index (χ1n) is 6.88. The number of thiophene rings is 1. The molecule has 3 rings (SSSR count). The summed E-state index contributed by atoms with van der Waals surface area (Å²) in [7, 11) is 0. The van der Waals surface area contributed by atoms with Crippen LogP contribution in [0.1, 0.15) is 36.6 Å².